The Morgan fingerprint density at radius 3 is 2.42 bits per heavy atom. The number of urea groups is 1. The Morgan fingerprint density at radius 1 is 1.12 bits per heavy atom. The van der Waals surface area contributed by atoms with Crippen molar-refractivity contribution in [3.63, 3.8) is 0 Å². The van der Waals surface area contributed by atoms with Crippen molar-refractivity contribution in [1.82, 2.24) is 14.7 Å². The maximum absolute atomic E-state index is 13.7. The normalized spacial score (nSPS) is 18.3. The fraction of sp³-hybridized carbons (Fsp3) is 0.393. The zero-order chi connectivity index (χ0) is 31.7. The van der Waals surface area contributed by atoms with Crippen LogP contribution in [0.3, 0.4) is 0 Å². The second-order valence-corrected chi connectivity index (χ2v) is 10.2. The lowest BCUT2D eigenvalue weighted by Gasteiger charge is -2.31. The molecule has 0 aromatic heterocycles. The van der Waals surface area contributed by atoms with E-state index in [-0.39, 0.29) is 31.4 Å². The fourth-order valence-corrected chi connectivity index (χ4v) is 4.97. The Kier molecular flexibility index (Phi) is 8.76. The molecule has 0 saturated carbocycles. The number of hydrogen-bond acceptors (Lipinski definition) is 7. The number of carbonyl (C=O) groups is 5. The summed E-state index contributed by atoms with van der Waals surface area (Å²) in [6, 6.07) is 5.99. The van der Waals surface area contributed by atoms with Gasteiger partial charge in [0.25, 0.3) is 5.91 Å². The van der Waals surface area contributed by atoms with Gasteiger partial charge in [0.05, 0.1) is 0 Å². The standard InChI is InChI=1S/C28H29F4N5O6/c1-16(28(30,31)32)36(14-17-3-5-19(29)6-4-17)23(39)15-37-24(40)27(43-26(37)42)11-9-18-13-20(7-8-21(18)27)34-25(41)35(2)22(38)10-12-33/h3-8,13,16H,9-12,14-15,33H2,1-2H3,(H,34,41)/t16?,27-/m1/s1. The minimum atomic E-state index is -4.82. The summed E-state index contributed by atoms with van der Waals surface area (Å²) in [7, 11) is 1.29. The number of benzene rings is 2. The molecule has 0 radical (unpaired) electrons. The first-order valence-electron chi connectivity index (χ1n) is 13.2. The van der Waals surface area contributed by atoms with Crippen LogP contribution in [0.5, 0.6) is 0 Å². The maximum atomic E-state index is 13.7. The smallest absolute Gasteiger partial charge is 0.418 e. The summed E-state index contributed by atoms with van der Waals surface area (Å²) in [6.07, 6.45) is -5.80. The summed E-state index contributed by atoms with van der Waals surface area (Å²) in [4.78, 5) is 65.7. The van der Waals surface area contributed by atoms with Crippen molar-refractivity contribution in [2.45, 2.75) is 50.6 Å². The quantitative estimate of drug-likeness (QED) is 0.439. The van der Waals surface area contributed by atoms with Gasteiger partial charge in [0.2, 0.25) is 17.4 Å². The molecule has 3 N–H and O–H groups in total. The molecule has 1 spiro atoms. The molecule has 6 amide bonds. The summed E-state index contributed by atoms with van der Waals surface area (Å²) in [5, 5.41) is 2.56. The lowest BCUT2D eigenvalue weighted by molar-refractivity contribution is -0.187. The number of fused-ring (bicyclic) bond motifs is 2. The highest BCUT2D eigenvalue weighted by molar-refractivity contribution is 6.06. The number of amides is 6. The van der Waals surface area contributed by atoms with Gasteiger partial charge in [-0.05, 0) is 48.7 Å². The molecule has 43 heavy (non-hydrogen) atoms. The van der Waals surface area contributed by atoms with Gasteiger partial charge in [-0.25, -0.2) is 18.9 Å². The van der Waals surface area contributed by atoms with Crippen molar-refractivity contribution in [2.24, 2.45) is 5.73 Å². The van der Waals surface area contributed by atoms with Crippen LogP contribution in [0.2, 0.25) is 0 Å². The van der Waals surface area contributed by atoms with E-state index in [1.54, 1.807) is 6.07 Å². The summed E-state index contributed by atoms with van der Waals surface area (Å²) in [5.41, 5.74) is 4.92. The van der Waals surface area contributed by atoms with E-state index in [2.05, 4.69) is 5.32 Å². The van der Waals surface area contributed by atoms with Gasteiger partial charge in [-0.15, -0.1) is 0 Å². The number of carbonyl (C=O) groups excluding carboxylic acids is 5. The lowest BCUT2D eigenvalue weighted by Crippen LogP contribution is -2.51. The minimum Gasteiger partial charge on any atom is -0.427 e. The van der Waals surface area contributed by atoms with Crippen molar-refractivity contribution < 1.29 is 46.3 Å². The van der Waals surface area contributed by atoms with Crippen LogP contribution >= 0.6 is 0 Å². The lowest BCUT2D eigenvalue weighted by atomic mass is 9.94. The van der Waals surface area contributed by atoms with Gasteiger partial charge in [-0.1, -0.05) is 18.2 Å². The second-order valence-electron chi connectivity index (χ2n) is 10.2. The van der Waals surface area contributed by atoms with E-state index in [1.807, 2.05) is 0 Å². The molecule has 2 aromatic carbocycles. The Hall–Kier alpha value is -4.53. The van der Waals surface area contributed by atoms with Crippen LogP contribution in [0.4, 0.5) is 32.8 Å². The molecule has 2 atom stereocenters. The molecule has 1 unspecified atom stereocenters. The minimum absolute atomic E-state index is 0.00212. The number of rotatable bonds is 8. The summed E-state index contributed by atoms with van der Waals surface area (Å²) >= 11 is 0. The summed E-state index contributed by atoms with van der Waals surface area (Å²) in [5.74, 6) is -3.17. The zero-order valence-corrected chi connectivity index (χ0v) is 23.2. The van der Waals surface area contributed by atoms with Crippen LogP contribution in [0.25, 0.3) is 0 Å². The SMILES string of the molecule is CC(N(Cc1ccc(F)cc1)C(=O)CN1C(=O)O[C@@]2(CCc3cc(NC(=O)N(C)C(=O)CCN)ccc32)C1=O)C(F)(F)F. The van der Waals surface area contributed by atoms with Gasteiger partial charge in [0, 0.05) is 44.2 Å². The molecule has 1 heterocycles. The molecule has 2 aliphatic rings. The summed E-state index contributed by atoms with van der Waals surface area (Å²) in [6.45, 7) is -0.719. The molecule has 4 rings (SSSR count). The van der Waals surface area contributed by atoms with Gasteiger partial charge in [-0.3, -0.25) is 19.3 Å². The van der Waals surface area contributed by atoms with Gasteiger partial charge < -0.3 is 20.7 Å². The third kappa shape index (κ3) is 6.30. The predicted octanol–water partition coefficient (Wildman–Crippen LogP) is 3.26. The number of hydrogen-bond donors (Lipinski definition) is 2. The number of imide groups is 2. The van der Waals surface area contributed by atoms with E-state index >= 15 is 0 Å². The molecule has 0 bridgehead atoms. The van der Waals surface area contributed by atoms with Crippen LogP contribution in [0.15, 0.2) is 42.5 Å². The van der Waals surface area contributed by atoms with E-state index in [4.69, 9.17) is 10.5 Å². The van der Waals surface area contributed by atoms with Crippen molar-refractivity contribution in [1.29, 1.82) is 0 Å². The molecular formula is C28H29F4N5O6. The van der Waals surface area contributed by atoms with E-state index < -0.39 is 66.6 Å². The number of nitrogens with two attached hydrogens (primary N) is 1. The number of alkyl halides is 3. The number of nitrogens with one attached hydrogen (secondary N) is 1. The monoisotopic (exact) mass is 607 g/mol. The van der Waals surface area contributed by atoms with E-state index in [0.717, 1.165) is 24.0 Å². The van der Waals surface area contributed by atoms with Crippen LogP contribution in [-0.2, 0) is 37.7 Å². The van der Waals surface area contributed by atoms with E-state index in [0.29, 0.717) is 26.6 Å². The Bertz CT molecular complexity index is 1450. The Morgan fingerprint density at radius 2 is 1.79 bits per heavy atom. The molecule has 1 aliphatic carbocycles. The molecule has 1 fully saturated rings. The number of nitrogens with zero attached hydrogens (tertiary/aromatic N) is 3. The Labute approximate surface area is 243 Å². The highest BCUT2D eigenvalue weighted by atomic mass is 19.4. The summed E-state index contributed by atoms with van der Waals surface area (Å²) < 4.78 is 59.7. The van der Waals surface area contributed by atoms with Crippen molar-refractivity contribution in [3.8, 4) is 0 Å². The van der Waals surface area contributed by atoms with Crippen LogP contribution < -0.4 is 11.1 Å². The number of anilines is 1. The molecular weight excluding hydrogens is 578 g/mol. The van der Waals surface area contributed by atoms with Crippen LogP contribution in [-0.4, -0.2) is 76.9 Å². The fourth-order valence-electron chi connectivity index (χ4n) is 4.97. The van der Waals surface area contributed by atoms with Gasteiger partial charge >= 0.3 is 18.3 Å². The van der Waals surface area contributed by atoms with Gasteiger partial charge in [-0.2, -0.15) is 13.2 Å². The first-order chi connectivity index (χ1) is 20.2. The third-order valence-electron chi connectivity index (χ3n) is 7.47. The van der Waals surface area contributed by atoms with Crippen LogP contribution in [0, 0.1) is 5.82 Å². The number of ether oxygens (including phenoxy) is 1. The van der Waals surface area contributed by atoms with Gasteiger partial charge in [0.15, 0.2) is 0 Å². The molecule has 15 heteroatoms. The predicted molar refractivity (Wildman–Crippen MR) is 143 cm³/mol. The van der Waals surface area contributed by atoms with E-state index in [9.17, 15) is 41.5 Å². The number of aryl methyl sites for hydroxylation is 1. The molecule has 1 aliphatic heterocycles. The number of halogens is 4. The molecule has 2 aromatic rings. The van der Waals surface area contributed by atoms with Crippen LogP contribution in [0.1, 0.15) is 36.5 Å². The maximum Gasteiger partial charge on any atom is 0.418 e. The molecule has 1 saturated heterocycles. The van der Waals surface area contributed by atoms with Crippen molar-refractivity contribution in [3.05, 3.63) is 65.0 Å². The average Bonchev–Trinajstić information content (AvgIpc) is 3.43. The Balaban J connectivity index is 1.52. The second kappa shape index (κ2) is 12.0. The van der Waals surface area contributed by atoms with Crippen molar-refractivity contribution >= 4 is 35.5 Å². The first kappa shape index (κ1) is 31.4. The zero-order valence-electron chi connectivity index (χ0n) is 23.2. The van der Waals surface area contributed by atoms with Crippen molar-refractivity contribution in [2.75, 3.05) is 25.5 Å². The highest BCUT2D eigenvalue weighted by Crippen LogP contribution is 2.46. The van der Waals surface area contributed by atoms with Gasteiger partial charge in [0.1, 0.15) is 18.4 Å². The largest absolute Gasteiger partial charge is 0.427 e. The molecule has 11 nitrogen and oxygen atoms in total. The topological polar surface area (TPSA) is 142 Å². The first-order valence-corrected chi connectivity index (χ1v) is 13.2. The van der Waals surface area contributed by atoms with E-state index in [1.165, 1.54) is 31.3 Å². The average molecular weight is 608 g/mol. The molecule has 230 valence electrons. The third-order valence-corrected chi connectivity index (χ3v) is 7.47. The highest BCUT2D eigenvalue weighted by Gasteiger charge is 2.58.